The lowest BCUT2D eigenvalue weighted by molar-refractivity contribution is 0.0696. The van der Waals surface area contributed by atoms with Crippen molar-refractivity contribution in [3.63, 3.8) is 0 Å². The highest BCUT2D eigenvalue weighted by Crippen LogP contribution is 2.18. The van der Waals surface area contributed by atoms with Crippen LogP contribution in [0.1, 0.15) is 29.5 Å². The number of carboxylic acids is 1. The number of likely N-dealkylation sites (tertiary alicyclic amines) is 1. The Balaban J connectivity index is 1.96. The summed E-state index contributed by atoms with van der Waals surface area (Å²) in [5.74, 6) is 0.542. The minimum atomic E-state index is -0.931. The Hall–Kier alpha value is -1.29. The number of carbonyl (C=O) groups is 1. The summed E-state index contributed by atoms with van der Waals surface area (Å²) in [5, 5.41) is 8.73. The molecular formula is C11H15NO3. The van der Waals surface area contributed by atoms with Gasteiger partial charge in [-0.1, -0.05) is 6.92 Å². The Labute approximate surface area is 88.5 Å². The summed E-state index contributed by atoms with van der Waals surface area (Å²) in [7, 11) is 0. The molecule has 1 unspecified atom stereocenters. The van der Waals surface area contributed by atoms with E-state index in [1.54, 1.807) is 6.07 Å². The molecule has 0 bridgehead atoms. The highest BCUT2D eigenvalue weighted by atomic mass is 16.4. The highest BCUT2D eigenvalue weighted by Gasteiger charge is 2.20. The minimum absolute atomic E-state index is 0.234. The van der Waals surface area contributed by atoms with E-state index in [0.29, 0.717) is 0 Å². The van der Waals surface area contributed by atoms with Gasteiger partial charge in [0.15, 0.2) is 0 Å². The predicted molar refractivity (Wildman–Crippen MR) is 54.7 cm³/mol. The summed E-state index contributed by atoms with van der Waals surface area (Å²) in [6, 6.07) is 1.60. The van der Waals surface area contributed by atoms with Crippen molar-refractivity contribution in [3.8, 4) is 0 Å². The molecule has 1 atom stereocenters. The van der Waals surface area contributed by atoms with E-state index in [2.05, 4.69) is 11.8 Å². The van der Waals surface area contributed by atoms with Gasteiger partial charge in [-0.2, -0.15) is 0 Å². The van der Waals surface area contributed by atoms with Gasteiger partial charge in [0.1, 0.15) is 12.0 Å². The molecule has 0 spiro atoms. The first kappa shape index (κ1) is 10.2. The lowest BCUT2D eigenvalue weighted by Gasteiger charge is -2.12. The van der Waals surface area contributed by atoms with Crippen LogP contribution >= 0.6 is 0 Å². The number of nitrogens with zero attached hydrogens (tertiary/aromatic N) is 1. The van der Waals surface area contributed by atoms with Gasteiger partial charge in [-0.25, -0.2) is 4.79 Å². The van der Waals surface area contributed by atoms with E-state index in [1.807, 2.05) is 0 Å². The van der Waals surface area contributed by atoms with Gasteiger partial charge in [0.25, 0.3) is 0 Å². The van der Waals surface area contributed by atoms with Crippen molar-refractivity contribution in [2.45, 2.75) is 19.9 Å². The molecule has 4 heteroatoms. The summed E-state index contributed by atoms with van der Waals surface area (Å²) in [4.78, 5) is 12.9. The molecular weight excluding hydrogens is 194 g/mol. The summed E-state index contributed by atoms with van der Waals surface area (Å²) in [5.41, 5.74) is 0.234. The van der Waals surface area contributed by atoms with E-state index < -0.39 is 5.97 Å². The average Bonchev–Trinajstić information content (AvgIpc) is 2.76. The molecule has 0 amide bonds. The molecule has 2 heterocycles. The maximum atomic E-state index is 10.6. The Morgan fingerprint density at radius 1 is 1.73 bits per heavy atom. The van der Waals surface area contributed by atoms with Crippen molar-refractivity contribution in [1.82, 2.24) is 4.90 Å². The first-order valence-electron chi connectivity index (χ1n) is 5.18. The summed E-state index contributed by atoms with van der Waals surface area (Å²) < 4.78 is 5.20. The second-order valence-corrected chi connectivity index (χ2v) is 4.24. The molecule has 1 saturated heterocycles. The quantitative estimate of drug-likeness (QED) is 0.825. The molecule has 82 valence electrons. The number of aromatic carboxylic acids is 1. The normalized spacial score (nSPS) is 22.1. The van der Waals surface area contributed by atoms with Crippen LogP contribution in [0.5, 0.6) is 0 Å². The Morgan fingerprint density at radius 2 is 2.53 bits per heavy atom. The molecule has 1 aliphatic rings. The second-order valence-electron chi connectivity index (χ2n) is 4.24. The van der Waals surface area contributed by atoms with Gasteiger partial charge >= 0.3 is 5.97 Å². The average molecular weight is 209 g/mol. The first-order chi connectivity index (χ1) is 7.15. The van der Waals surface area contributed by atoms with Gasteiger partial charge in [-0.15, -0.1) is 0 Å². The zero-order chi connectivity index (χ0) is 10.8. The van der Waals surface area contributed by atoms with Crippen molar-refractivity contribution in [1.29, 1.82) is 0 Å². The molecule has 0 saturated carbocycles. The fraction of sp³-hybridized carbons (Fsp3) is 0.545. The second kappa shape index (κ2) is 4.06. The zero-order valence-corrected chi connectivity index (χ0v) is 8.77. The number of hydrogen-bond donors (Lipinski definition) is 1. The third-order valence-corrected chi connectivity index (χ3v) is 2.79. The molecule has 1 aromatic heterocycles. The molecule has 0 radical (unpaired) electrons. The van der Waals surface area contributed by atoms with Crippen LogP contribution in [-0.2, 0) is 6.54 Å². The molecule has 0 aromatic carbocycles. The Bertz CT molecular complexity index is 358. The summed E-state index contributed by atoms with van der Waals surface area (Å²) in [6.45, 7) is 5.09. The van der Waals surface area contributed by atoms with E-state index >= 15 is 0 Å². The maximum Gasteiger partial charge on any atom is 0.338 e. The van der Waals surface area contributed by atoms with Gasteiger partial charge in [0.2, 0.25) is 0 Å². The van der Waals surface area contributed by atoms with Crippen molar-refractivity contribution < 1.29 is 14.3 Å². The smallest absolute Gasteiger partial charge is 0.338 e. The topological polar surface area (TPSA) is 53.7 Å². The summed E-state index contributed by atoms with van der Waals surface area (Å²) in [6.07, 6.45) is 2.52. The molecule has 1 N–H and O–H groups in total. The summed E-state index contributed by atoms with van der Waals surface area (Å²) >= 11 is 0. The molecule has 0 aliphatic carbocycles. The van der Waals surface area contributed by atoms with Gasteiger partial charge in [0, 0.05) is 6.54 Å². The fourth-order valence-electron chi connectivity index (χ4n) is 1.97. The third-order valence-electron chi connectivity index (χ3n) is 2.79. The SMILES string of the molecule is CC1CCN(Cc2cc(C(=O)O)co2)C1. The van der Waals surface area contributed by atoms with E-state index in [4.69, 9.17) is 9.52 Å². The van der Waals surface area contributed by atoms with Crippen LogP contribution in [0.25, 0.3) is 0 Å². The maximum absolute atomic E-state index is 10.6. The molecule has 15 heavy (non-hydrogen) atoms. The van der Waals surface area contributed by atoms with Crippen LogP contribution in [0.3, 0.4) is 0 Å². The molecule has 1 aromatic rings. The van der Waals surface area contributed by atoms with Crippen LogP contribution < -0.4 is 0 Å². The zero-order valence-electron chi connectivity index (χ0n) is 8.77. The van der Waals surface area contributed by atoms with E-state index in [0.717, 1.165) is 31.3 Å². The van der Waals surface area contributed by atoms with Crippen molar-refractivity contribution in [3.05, 3.63) is 23.7 Å². The van der Waals surface area contributed by atoms with Gasteiger partial charge in [0.05, 0.1) is 12.1 Å². The lowest BCUT2D eigenvalue weighted by Crippen LogP contribution is -2.19. The van der Waals surface area contributed by atoms with E-state index in [9.17, 15) is 4.79 Å². The standard InChI is InChI=1S/C11H15NO3/c1-8-2-3-12(5-8)6-10-4-9(7-15-10)11(13)14/h4,7-8H,2-3,5-6H2,1H3,(H,13,14). The van der Waals surface area contributed by atoms with Crippen LogP contribution in [0.15, 0.2) is 16.7 Å². The lowest BCUT2D eigenvalue weighted by atomic mass is 10.2. The van der Waals surface area contributed by atoms with Crippen LogP contribution in [0, 0.1) is 5.92 Å². The number of furan rings is 1. The largest absolute Gasteiger partial charge is 0.478 e. The van der Waals surface area contributed by atoms with Crippen LogP contribution in [0.2, 0.25) is 0 Å². The van der Waals surface area contributed by atoms with Crippen LogP contribution in [0.4, 0.5) is 0 Å². The van der Waals surface area contributed by atoms with E-state index in [1.165, 1.54) is 12.7 Å². The van der Waals surface area contributed by atoms with Crippen molar-refractivity contribution in [2.24, 2.45) is 5.92 Å². The Kier molecular flexibility index (Phi) is 2.77. The molecule has 1 aliphatic heterocycles. The number of carboxylic acid groups (broad SMARTS) is 1. The van der Waals surface area contributed by atoms with Gasteiger partial charge in [-0.05, 0) is 24.9 Å². The first-order valence-corrected chi connectivity index (χ1v) is 5.18. The molecule has 4 nitrogen and oxygen atoms in total. The van der Waals surface area contributed by atoms with Gasteiger partial charge in [-0.3, -0.25) is 4.90 Å². The molecule has 1 fully saturated rings. The monoisotopic (exact) mass is 209 g/mol. The molecule has 2 rings (SSSR count). The third kappa shape index (κ3) is 2.39. The number of hydrogen-bond acceptors (Lipinski definition) is 3. The fourth-order valence-corrected chi connectivity index (χ4v) is 1.97. The van der Waals surface area contributed by atoms with Gasteiger partial charge < -0.3 is 9.52 Å². The van der Waals surface area contributed by atoms with Crippen molar-refractivity contribution in [2.75, 3.05) is 13.1 Å². The Morgan fingerprint density at radius 3 is 3.07 bits per heavy atom. The highest BCUT2D eigenvalue weighted by molar-refractivity contribution is 5.87. The minimum Gasteiger partial charge on any atom is -0.478 e. The van der Waals surface area contributed by atoms with Crippen molar-refractivity contribution >= 4 is 5.97 Å². The number of rotatable bonds is 3. The predicted octanol–water partition coefficient (Wildman–Crippen LogP) is 1.82. The van der Waals surface area contributed by atoms with E-state index in [-0.39, 0.29) is 5.56 Å². The van der Waals surface area contributed by atoms with Crippen LogP contribution in [-0.4, -0.2) is 29.1 Å².